The van der Waals surface area contributed by atoms with Crippen LogP contribution in [0.3, 0.4) is 0 Å². The lowest BCUT2D eigenvalue weighted by molar-refractivity contribution is -0.158. The molecule has 13 N–H and O–H groups in total. The summed E-state index contributed by atoms with van der Waals surface area (Å²) >= 11 is 1.62. The summed E-state index contributed by atoms with van der Waals surface area (Å²) in [5.74, 6) is 0.367. The van der Waals surface area contributed by atoms with Gasteiger partial charge in [0.05, 0.1) is 25.6 Å². The Hall–Kier alpha value is -3.37. The number of hydrogen-bond donors (Lipinski definition) is 10. The summed E-state index contributed by atoms with van der Waals surface area (Å²) in [6, 6.07) is -1.42. The summed E-state index contributed by atoms with van der Waals surface area (Å²) in [7, 11) is -10.2. The SMILES string of the molecule is NC1=NC(O)N([C@H]2C[C@H](OP(=O)(O)OC[C@H]3O[C@@H](n4cnc5c(N)ncnc54)[C@H](O)[C@@H]3OC(=O)[C@@H](N)CCCCNC(=O)[C@@H]3CSCN3)[C@@H](COP(=O)(O)O)O2)C=C1. The number of phosphoric ester groups is 2. The topological polar surface area (TPSA) is 386 Å². The molecule has 0 radical (unpaired) electrons. The van der Waals surface area contributed by atoms with Crippen LogP contribution in [-0.2, 0) is 46.5 Å². The Morgan fingerprint density at radius 2 is 1.86 bits per heavy atom. The van der Waals surface area contributed by atoms with Gasteiger partial charge in [-0.2, -0.15) is 0 Å². The first-order valence-corrected chi connectivity index (χ1v) is 22.0. The molecule has 4 aliphatic rings. The standard InChI is InChI=1S/C29H45N11O15P2S/c30-14(3-1-2-5-33-26(42)15-10-58-13-37-15)28(43)54-23-18(53-27(22(23)41)40-12-36-21-24(32)34-11-35-25(21)40)9-51-57(48,49)55-16-7-20(39-6-4-19(31)38-29(39)44)52-17(16)8-50-56(45,46)47/h4,6,11-12,14-18,20,22-23,27,29,37,41,44H,1-3,5,7-10,13,30H2,(H2,31,38)(H,33,42)(H,48,49)(H2,32,34,35)(H2,45,46,47)/t14-,15-,16-,17+,18+,20+,22+,23+,27+,29?/m0/s1. The number of amides is 1. The number of nitrogens with one attached hydrogen (secondary N) is 2. The van der Waals surface area contributed by atoms with Crippen molar-refractivity contribution in [1.82, 2.24) is 35.1 Å². The quantitative estimate of drug-likeness (QED) is 0.0406. The van der Waals surface area contributed by atoms with Gasteiger partial charge in [-0.3, -0.25) is 33.0 Å². The minimum Gasteiger partial charge on any atom is -0.455 e. The molecule has 3 fully saturated rings. The molecule has 11 atom stereocenters. The van der Waals surface area contributed by atoms with Gasteiger partial charge in [-0.05, 0) is 25.3 Å². The first kappa shape index (κ1) is 44.2. The Bertz CT molecular complexity index is 1940. The van der Waals surface area contributed by atoms with Crippen LogP contribution in [0, 0.1) is 0 Å². The molecular weight excluding hydrogens is 836 g/mol. The van der Waals surface area contributed by atoms with Crippen LogP contribution >= 0.6 is 27.4 Å². The molecule has 2 aromatic rings. The van der Waals surface area contributed by atoms with Crippen LogP contribution < -0.4 is 27.8 Å². The fourth-order valence-corrected chi connectivity index (χ4v) is 8.67. The summed E-state index contributed by atoms with van der Waals surface area (Å²) in [6.07, 6.45) is -5.46. The second kappa shape index (κ2) is 18.9. The third-order valence-corrected chi connectivity index (χ3v) is 11.8. The molecule has 322 valence electrons. The highest BCUT2D eigenvalue weighted by molar-refractivity contribution is 7.99. The number of aliphatic imine (C=N–C) groups is 1. The Labute approximate surface area is 333 Å². The van der Waals surface area contributed by atoms with Crippen molar-refractivity contribution in [3.63, 3.8) is 0 Å². The van der Waals surface area contributed by atoms with Crippen molar-refractivity contribution in [2.45, 2.75) is 87.1 Å². The number of carbonyl (C=O) groups excluding carboxylic acids is 2. The van der Waals surface area contributed by atoms with Crippen LogP contribution in [0.5, 0.6) is 0 Å². The zero-order chi connectivity index (χ0) is 41.8. The number of nitrogens with zero attached hydrogens (tertiary/aromatic N) is 6. The zero-order valence-corrected chi connectivity index (χ0v) is 33.1. The molecule has 4 aliphatic heterocycles. The highest BCUT2D eigenvalue weighted by Gasteiger charge is 2.50. The number of carbonyl (C=O) groups is 2. The van der Waals surface area contributed by atoms with Gasteiger partial charge in [-0.25, -0.2) is 29.1 Å². The lowest BCUT2D eigenvalue weighted by Crippen LogP contribution is -2.43. The van der Waals surface area contributed by atoms with Crippen molar-refractivity contribution < 1.29 is 71.4 Å². The zero-order valence-electron chi connectivity index (χ0n) is 30.5. The van der Waals surface area contributed by atoms with Gasteiger partial charge in [0.1, 0.15) is 54.4 Å². The number of thioether (sulfide) groups is 1. The molecule has 0 spiro atoms. The number of phosphoric acid groups is 2. The van der Waals surface area contributed by atoms with Gasteiger partial charge < -0.3 is 66.5 Å². The van der Waals surface area contributed by atoms with E-state index in [0.29, 0.717) is 31.0 Å². The van der Waals surface area contributed by atoms with Gasteiger partial charge >= 0.3 is 21.6 Å². The average Bonchev–Trinajstić information content (AvgIpc) is 3.97. The van der Waals surface area contributed by atoms with E-state index < -0.39 is 90.2 Å². The molecule has 1 amide bonds. The van der Waals surface area contributed by atoms with E-state index in [1.54, 1.807) is 11.8 Å². The summed E-state index contributed by atoms with van der Waals surface area (Å²) in [4.78, 5) is 72.0. The normalized spacial score (nSPS) is 30.3. The van der Waals surface area contributed by atoms with Crippen molar-refractivity contribution in [3.8, 4) is 0 Å². The number of hydrogen-bond acceptors (Lipinski definition) is 22. The van der Waals surface area contributed by atoms with E-state index in [9.17, 15) is 43.6 Å². The van der Waals surface area contributed by atoms with Gasteiger partial charge in [0.15, 0.2) is 23.8 Å². The maximum Gasteiger partial charge on any atom is 0.472 e. The van der Waals surface area contributed by atoms with Gasteiger partial charge in [0, 0.05) is 30.8 Å². The van der Waals surface area contributed by atoms with Crippen LogP contribution in [-0.4, -0.2) is 154 Å². The molecule has 0 aromatic carbocycles. The van der Waals surface area contributed by atoms with Crippen molar-refractivity contribution >= 4 is 62.1 Å². The summed E-state index contributed by atoms with van der Waals surface area (Å²) < 4.78 is 58.8. The number of imidazole rings is 1. The third kappa shape index (κ3) is 11.1. The highest BCUT2D eigenvalue weighted by atomic mass is 32.2. The van der Waals surface area contributed by atoms with Crippen LogP contribution in [0.4, 0.5) is 5.82 Å². The molecule has 2 unspecified atom stereocenters. The number of rotatable bonds is 18. The van der Waals surface area contributed by atoms with Crippen LogP contribution in [0.15, 0.2) is 29.9 Å². The molecule has 58 heavy (non-hydrogen) atoms. The predicted molar refractivity (Wildman–Crippen MR) is 199 cm³/mol. The fourth-order valence-electron chi connectivity index (χ4n) is 6.42. The highest BCUT2D eigenvalue weighted by Crippen LogP contribution is 2.49. The molecule has 0 saturated carbocycles. The van der Waals surface area contributed by atoms with E-state index in [1.807, 2.05) is 0 Å². The Morgan fingerprint density at radius 3 is 2.59 bits per heavy atom. The summed E-state index contributed by atoms with van der Waals surface area (Å²) in [5, 5.41) is 27.8. The third-order valence-electron chi connectivity index (χ3n) is 9.34. The number of nitrogens with two attached hydrogens (primary N) is 3. The molecule has 29 heteroatoms. The Balaban J connectivity index is 1.11. The van der Waals surface area contributed by atoms with Crippen molar-refractivity contribution in [2.75, 3.05) is 37.1 Å². The second-order valence-corrected chi connectivity index (χ2v) is 17.1. The number of anilines is 1. The minimum absolute atomic E-state index is 0.00378. The number of esters is 1. The first-order chi connectivity index (χ1) is 27.5. The maximum atomic E-state index is 13.4. The molecule has 0 aliphatic carbocycles. The number of unbranched alkanes of at least 4 members (excludes halogenated alkanes) is 1. The number of aromatic nitrogens is 4. The number of amidine groups is 1. The van der Waals surface area contributed by atoms with E-state index >= 15 is 0 Å². The number of ether oxygens (including phenoxy) is 3. The number of aliphatic hydroxyl groups excluding tert-OH is 2. The van der Waals surface area contributed by atoms with Gasteiger partial charge in [-0.15, -0.1) is 11.8 Å². The number of fused-ring (bicyclic) bond motifs is 1. The lowest BCUT2D eigenvalue weighted by atomic mass is 10.1. The lowest BCUT2D eigenvalue weighted by Gasteiger charge is -2.31. The van der Waals surface area contributed by atoms with Crippen LogP contribution in [0.1, 0.15) is 31.9 Å². The molecule has 3 saturated heterocycles. The average molecular weight is 882 g/mol. The fraction of sp³-hybridized carbons (Fsp3) is 0.655. The van der Waals surface area contributed by atoms with Crippen molar-refractivity contribution in [2.24, 2.45) is 16.5 Å². The van der Waals surface area contributed by atoms with Gasteiger partial charge in [0.2, 0.25) is 12.3 Å². The van der Waals surface area contributed by atoms with Gasteiger partial charge in [0.25, 0.3) is 0 Å². The van der Waals surface area contributed by atoms with Gasteiger partial charge in [-0.1, -0.05) is 0 Å². The van der Waals surface area contributed by atoms with Crippen molar-refractivity contribution in [3.05, 3.63) is 24.9 Å². The molecule has 2 aromatic heterocycles. The van der Waals surface area contributed by atoms with Crippen LogP contribution in [0.25, 0.3) is 11.2 Å². The largest absolute Gasteiger partial charge is 0.472 e. The molecule has 0 bridgehead atoms. The minimum atomic E-state index is -5.14. The van der Waals surface area contributed by atoms with E-state index in [2.05, 4.69) is 35.1 Å². The number of nitrogen functional groups attached to an aromatic ring is 1. The van der Waals surface area contributed by atoms with Crippen LogP contribution in [0.2, 0.25) is 0 Å². The monoisotopic (exact) mass is 881 g/mol. The van der Waals surface area contributed by atoms with Crippen molar-refractivity contribution in [1.29, 1.82) is 0 Å². The smallest absolute Gasteiger partial charge is 0.455 e. The van der Waals surface area contributed by atoms with E-state index in [-0.39, 0.29) is 47.6 Å². The number of aliphatic hydroxyl groups is 2. The summed E-state index contributed by atoms with van der Waals surface area (Å²) in [6.45, 7) is -1.27. The first-order valence-electron chi connectivity index (χ1n) is 17.8. The Morgan fingerprint density at radius 1 is 1.09 bits per heavy atom. The molecule has 26 nitrogen and oxygen atoms in total. The summed E-state index contributed by atoms with van der Waals surface area (Å²) in [5.41, 5.74) is 18.0. The Kier molecular flexibility index (Phi) is 14.4. The second-order valence-electron chi connectivity index (χ2n) is 13.4. The molecule has 6 heterocycles. The predicted octanol–water partition coefficient (Wildman–Crippen LogP) is -2.96. The van der Waals surface area contributed by atoms with E-state index in [1.165, 1.54) is 28.1 Å². The van der Waals surface area contributed by atoms with E-state index in [4.69, 9.17) is 40.5 Å². The molecule has 6 rings (SSSR count). The maximum absolute atomic E-state index is 13.4. The van der Waals surface area contributed by atoms with E-state index in [0.717, 1.165) is 6.33 Å². The molecular formula is C29H45N11O15P2S.